The maximum Gasteiger partial charge on any atom is 0.0340 e. The minimum Gasteiger partial charge on any atom is -0.264 e. The van der Waals surface area contributed by atoms with Crippen LogP contribution in [0.2, 0.25) is 0 Å². The smallest absolute Gasteiger partial charge is 0.0340 e. The van der Waals surface area contributed by atoms with Crippen LogP contribution in [0, 0.1) is 0 Å². The largest absolute Gasteiger partial charge is 0.264 e. The van der Waals surface area contributed by atoms with Crippen molar-refractivity contribution < 1.29 is 0 Å². The molecule has 0 bridgehead atoms. The second-order valence-corrected chi connectivity index (χ2v) is 4.09. The van der Waals surface area contributed by atoms with Crippen molar-refractivity contribution in [1.29, 1.82) is 0 Å². The molecule has 0 atom stereocenters. The summed E-state index contributed by atoms with van der Waals surface area (Å²) in [6.45, 7) is 0. The Morgan fingerprint density at radius 3 is 2.33 bits per heavy atom. The molecular formula is C13H10BrN. The molecule has 0 N–H and O–H groups in total. The predicted molar refractivity (Wildman–Crippen MR) is 67.3 cm³/mol. The highest BCUT2D eigenvalue weighted by Crippen LogP contribution is 2.12. The van der Waals surface area contributed by atoms with Crippen molar-refractivity contribution >= 4 is 28.1 Å². The standard InChI is InChI=1S/C13H10BrN/c14-13-7-5-11(6-8-13)3-4-12-2-1-9-15-10-12/h1-10H. The number of benzene rings is 1. The highest BCUT2D eigenvalue weighted by atomic mass is 79.9. The van der Waals surface area contributed by atoms with Crippen molar-refractivity contribution in [3.63, 3.8) is 0 Å². The molecule has 74 valence electrons. The zero-order chi connectivity index (χ0) is 10.5. The summed E-state index contributed by atoms with van der Waals surface area (Å²) in [7, 11) is 0. The van der Waals surface area contributed by atoms with Crippen molar-refractivity contribution in [2.75, 3.05) is 0 Å². The molecule has 0 aliphatic carbocycles. The molecular weight excluding hydrogens is 250 g/mol. The molecule has 2 heteroatoms. The number of aromatic nitrogens is 1. The van der Waals surface area contributed by atoms with Gasteiger partial charge in [-0.3, -0.25) is 4.98 Å². The van der Waals surface area contributed by atoms with Gasteiger partial charge in [-0.2, -0.15) is 0 Å². The minimum absolute atomic E-state index is 1.10. The Hall–Kier alpha value is -1.41. The van der Waals surface area contributed by atoms with Crippen LogP contribution in [0.1, 0.15) is 11.1 Å². The van der Waals surface area contributed by atoms with Crippen LogP contribution in [0.15, 0.2) is 53.3 Å². The van der Waals surface area contributed by atoms with E-state index in [1.54, 1.807) is 6.20 Å². The van der Waals surface area contributed by atoms with Gasteiger partial charge in [0, 0.05) is 16.9 Å². The van der Waals surface area contributed by atoms with Crippen molar-refractivity contribution in [2.45, 2.75) is 0 Å². The fourth-order valence-electron chi connectivity index (χ4n) is 1.24. The molecule has 0 amide bonds. The van der Waals surface area contributed by atoms with Crippen LogP contribution in [0.3, 0.4) is 0 Å². The van der Waals surface area contributed by atoms with Crippen LogP contribution >= 0.6 is 15.9 Å². The lowest BCUT2D eigenvalue weighted by atomic mass is 10.2. The van der Waals surface area contributed by atoms with Gasteiger partial charge in [-0.05, 0) is 29.3 Å². The van der Waals surface area contributed by atoms with Gasteiger partial charge in [0.25, 0.3) is 0 Å². The van der Waals surface area contributed by atoms with Gasteiger partial charge in [0.15, 0.2) is 0 Å². The number of hydrogen-bond acceptors (Lipinski definition) is 1. The Kier molecular flexibility index (Phi) is 3.30. The molecule has 1 aromatic carbocycles. The first kappa shape index (κ1) is 10.1. The second kappa shape index (κ2) is 4.89. The fourth-order valence-corrected chi connectivity index (χ4v) is 1.51. The van der Waals surface area contributed by atoms with Crippen molar-refractivity contribution in [1.82, 2.24) is 4.98 Å². The molecule has 0 saturated carbocycles. The molecule has 0 spiro atoms. The van der Waals surface area contributed by atoms with Crippen LogP contribution in [0.5, 0.6) is 0 Å². The summed E-state index contributed by atoms with van der Waals surface area (Å²) in [6, 6.07) is 12.2. The van der Waals surface area contributed by atoms with Crippen molar-refractivity contribution in [3.05, 3.63) is 64.4 Å². The average Bonchev–Trinajstić information content (AvgIpc) is 2.30. The summed E-state index contributed by atoms with van der Waals surface area (Å²) in [5.41, 5.74) is 2.29. The molecule has 2 aromatic rings. The number of halogens is 1. The summed E-state index contributed by atoms with van der Waals surface area (Å²) < 4.78 is 1.10. The van der Waals surface area contributed by atoms with Crippen LogP contribution < -0.4 is 0 Å². The van der Waals surface area contributed by atoms with E-state index < -0.39 is 0 Å². The normalized spacial score (nSPS) is 10.7. The van der Waals surface area contributed by atoms with E-state index in [-0.39, 0.29) is 0 Å². The van der Waals surface area contributed by atoms with Gasteiger partial charge in [0.05, 0.1) is 0 Å². The lowest BCUT2D eigenvalue weighted by molar-refractivity contribution is 1.32. The van der Waals surface area contributed by atoms with E-state index >= 15 is 0 Å². The lowest BCUT2D eigenvalue weighted by Crippen LogP contribution is -1.74. The SMILES string of the molecule is Brc1ccc(C=Cc2cccnc2)cc1. The van der Waals surface area contributed by atoms with Gasteiger partial charge in [-0.15, -0.1) is 0 Å². The molecule has 0 radical (unpaired) electrons. The van der Waals surface area contributed by atoms with E-state index in [1.165, 1.54) is 5.56 Å². The van der Waals surface area contributed by atoms with E-state index in [9.17, 15) is 0 Å². The van der Waals surface area contributed by atoms with E-state index in [0.29, 0.717) is 0 Å². The highest BCUT2D eigenvalue weighted by molar-refractivity contribution is 9.10. The molecule has 1 aromatic heterocycles. The topological polar surface area (TPSA) is 12.9 Å². The summed E-state index contributed by atoms with van der Waals surface area (Å²) in [6.07, 6.45) is 7.74. The molecule has 1 nitrogen and oxygen atoms in total. The third-order valence-corrected chi connectivity index (χ3v) is 2.55. The summed E-state index contributed by atoms with van der Waals surface area (Å²) in [4.78, 5) is 4.05. The third kappa shape index (κ3) is 3.03. The molecule has 1 heterocycles. The number of pyridine rings is 1. The maximum atomic E-state index is 4.05. The van der Waals surface area contributed by atoms with Gasteiger partial charge >= 0.3 is 0 Å². The lowest BCUT2D eigenvalue weighted by Gasteiger charge is -1.94. The maximum absolute atomic E-state index is 4.05. The highest BCUT2D eigenvalue weighted by Gasteiger charge is 1.88. The first-order valence-corrected chi connectivity index (χ1v) is 5.47. The van der Waals surface area contributed by atoms with Crippen LogP contribution in [0.25, 0.3) is 12.2 Å². The van der Waals surface area contributed by atoms with Crippen LogP contribution in [-0.4, -0.2) is 4.98 Å². The number of hydrogen-bond donors (Lipinski definition) is 0. The van der Waals surface area contributed by atoms with Crippen LogP contribution in [-0.2, 0) is 0 Å². The van der Waals surface area contributed by atoms with Crippen molar-refractivity contribution in [3.8, 4) is 0 Å². The molecule has 0 saturated heterocycles. The van der Waals surface area contributed by atoms with Gasteiger partial charge < -0.3 is 0 Å². The van der Waals surface area contributed by atoms with E-state index in [4.69, 9.17) is 0 Å². The second-order valence-electron chi connectivity index (χ2n) is 3.17. The van der Waals surface area contributed by atoms with E-state index in [2.05, 4.69) is 45.2 Å². The average molecular weight is 260 g/mol. The van der Waals surface area contributed by atoms with Gasteiger partial charge in [0.2, 0.25) is 0 Å². The Labute approximate surface area is 97.6 Å². The number of rotatable bonds is 2. The van der Waals surface area contributed by atoms with Crippen molar-refractivity contribution in [2.24, 2.45) is 0 Å². The predicted octanol–water partition coefficient (Wildman–Crippen LogP) is 4.01. The first-order chi connectivity index (χ1) is 7.34. The fraction of sp³-hybridized carbons (Fsp3) is 0. The van der Waals surface area contributed by atoms with Gasteiger partial charge in [-0.1, -0.05) is 46.3 Å². The van der Waals surface area contributed by atoms with Gasteiger partial charge in [-0.25, -0.2) is 0 Å². The summed E-state index contributed by atoms with van der Waals surface area (Å²) in [5, 5.41) is 0. The third-order valence-electron chi connectivity index (χ3n) is 2.02. The monoisotopic (exact) mass is 259 g/mol. The summed E-state index contributed by atoms with van der Waals surface area (Å²) in [5.74, 6) is 0. The molecule has 0 fully saturated rings. The summed E-state index contributed by atoms with van der Waals surface area (Å²) >= 11 is 3.41. The Bertz CT molecular complexity index is 446. The van der Waals surface area contributed by atoms with E-state index in [1.807, 2.05) is 30.5 Å². The van der Waals surface area contributed by atoms with Crippen LogP contribution in [0.4, 0.5) is 0 Å². The molecule has 0 aliphatic rings. The molecule has 0 unspecified atom stereocenters. The zero-order valence-electron chi connectivity index (χ0n) is 8.10. The quantitative estimate of drug-likeness (QED) is 0.794. The van der Waals surface area contributed by atoms with Gasteiger partial charge in [0.1, 0.15) is 0 Å². The Morgan fingerprint density at radius 1 is 0.933 bits per heavy atom. The minimum atomic E-state index is 1.10. The van der Waals surface area contributed by atoms with E-state index in [0.717, 1.165) is 10.0 Å². The molecule has 15 heavy (non-hydrogen) atoms. The first-order valence-electron chi connectivity index (χ1n) is 4.68. The Morgan fingerprint density at radius 2 is 1.67 bits per heavy atom. The number of nitrogens with zero attached hydrogens (tertiary/aromatic N) is 1. The molecule has 0 aliphatic heterocycles. The Balaban J connectivity index is 2.15. The molecule has 2 rings (SSSR count). The zero-order valence-corrected chi connectivity index (χ0v) is 9.68.